The van der Waals surface area contributed by atoms with E-state index in [1.807, 2.05) is 19.1 Å². The molecule has 1 saturated heterocycles. The molecular weight excluding hydrogens is 467 g/mol. The number of fused-ring (bicyclic) bond motifs is 1. The van der Waals surface area contributed by atoms with E-state index in [2.05, 4.69) is 5.32 Å². The van der Waals surface area contributed by atoms with E-state index in [1.54, 1.807) is 12.1 Å². The molecule has 33 heavy (non-hydrogen) atoms. The van der Waals surface area contributed by atoms with E-state index in [1.165, 1.54) is 24.3 Å². The largest absolute Gasteiger partial charge is 0.452 e. The molecule has 0 spiro atoms. The number of esters is 1. The Morgan fingerprint density at radius 3 is 2.18 bits per heavy atom. The fourth-order valence-electron chi connectivity index (χ4n) is 4.23. The van der Waals surface area contributed by atoms with Gasteiger partial charge in [-0.05, 0) is 61.7 Å². The van der Waals surface area contributed by atoms with Crippen molar-refractivity contribution in [3.05, 3.63) is 59.7 Å². The van der Waals surface area contributed by atoms with Crippen molar-refractivity contribution in [2.24, 2.45) is 11.8 Å². The van der Waals surface area contributed by atoms with Crippen LogP contribution in [0.4, 0.5) is 11.4 Å². The van der Waals surface area contributed by atoms with Crippen molar-refractivity contribution in [3.63, 3.8) is 0 Å². The molecule has 0 radical (unpaired) electrons. The third-order valence-electron chi connectivity index (χ3n) is 5.91. The standard InChI is InChI=1S/C24H22Cl2N2O5/c1-13-3-2-4-15(9-13)27-21(29)12-33-24(32)14-5-7-16(8-6-14)28-22(30)17-10-19(25)20(26)11-18(17)23(28)31/h2-9,17-20H,10-12H2,1H3,(H,27,29)/t17-,18+,19+,20-. The van der Waals surface area contributed by atoms with Crippen LogP contribution in [0.1, 0.15) is 28.8 Å². The number of aryl methyl sites for hydroxylation is 1. The summed E-state index contributed by atoms with van der Waals surface area (Å²) in [5.41, 5.74) is 2.16. The van der Waals surface area contributed by atoms with Crippen LogP contribution in [0, 0.1) is 18.8 Å². The minimum atomic E-state index is -0.691. The summed E-state index contributed by atoms with van der Waals surface area (Å²) in [5, 5.41) is 1.95. The third kappa shape index (κ3) is 4.89. The van der Waals surface area contributed by atoms with Crippen LogP contribution in [-0.2, 0) is 19.1 Å². The molecule has 2 aliphatic rings. The molecule has 0 aromatic heterocycles. The fraction of sp³-hybridized carbons (Fsp3) is 0.333. The number of ether oxygens (including phenoxy) is 1. The van der Waals surface area contributed by atoms with E-state index in [4.69, 9.17) is 27.9 Å². The Hall–Kier alpha value is -2.90. The summed E-state index contributed by atoms with van der Waals surface area (Å²) in [7, 11) is 0. The molecule has 0 unspecified atom stereocenters. The summed E-state index contributed by atoms with van der Waals surface area (Å²) in [4.78, 5) is 51.2. The molecule has 1 saturated carbocycles. The van der Waals surface area contributed by atoms with Crippen LogP contribution >= 0.6 is 23.2 Å². The highest BCUT2D eigenvalue weighted by atomic mass is 35.5. The van der Waals surface area contributed by atoms with Gasteiger partial charge in [0.15, 0.2) is 6.61 Å². The number of imide groups is 1. The van der Waals surface area contributed by atoms with Crippen molar-refractivity contribution in [2.45, 2.75) is 30.5 Å². The molecule has 1 N–H and O–H groups in total. The molecule has 2 fully saturated rings. The van der Waals surface area contributed by atoms with E-state index in [9.17, 15) is 19.2 Å². The van der Waals surface area contributed by atoms with Gasteiger partial charge in [-0.2, -0.15) is 0 Å². The summed E-state index contributed by atoms with van der Waals surface area (Å²) in [6.07, 6.45) is 0.715. The quantitative estimate of drug-likeness (QED) is 0.391. The average Bonchev–Trinajstić information content (AvgIpc) is 3.02. The van der Waals surface area contributed by atoms with E-state index < -0.39 is 30.3 Å². The second kappa shape index (κ2) is 9.53. The van der Waals surface area contributed by atoms with Crippen molar-refractivity contribution < 1.29 is 23.9 Å². The normalized spacial score (nSPS) is 24.4. The van der Waals surface area contributed by atoms with Crippen molar-refractivity contribution >= 4 is 58.3 Å². The van der Waals surface area contributed by atoms with Gasteiger partial charge in [-0.3, -0.25) is 19.3 Å². The molecule has 4 rings (SSSR count). The van der Waals surface area contributed by atoms with E-state index in [0.717, 1.165) is 10.5 Å². The van der Waals surface area contributed by atoms with Gasteiger partial charge < -0.3 is 10.1 Å². The van der Waals surface area contributed by atoms with Crippen LogP contribution in [0.5, 0.6) is 0 Å². The summed E-state index contributed by atoms with van der Waals surface area (Å²) >= 11 is 12.4. The molecule has 2 aromatic rings. The molecule has 172 valence electrons. The van der Waals surface area contributed by atoms with Gasteiger partial charge in [0.2, 0.25) is 11.8 Å². The Bertz CT molecular complexity index is 1080. The first-order valence-corrected chi connectivity index (χ1v) is 11.4. The van der Waals surface area contributed by atoms with E-state index >= 15 is 0 Å². The lowest BCUT2D eigenvalue weighted by molar-refractivity contribution is -0.122. The van der Waals surface area contributed by atoms with Gasteiger partial charge in [-0.25, -0.2) is 4.79 Å². The molecule has 2 aromatic carbocycles. The van der Waals surface area contributed by atoms with Gasteiger partial charge in [0.05, 0.1) is 33.8 Å². The zero-order chi connectivity index (χ0) is 23.7. The van der Waals surface area contributed by atoms with Crippen LogP contribution < -0.4 is 10.2 Å². The van der Waals surface area contributed by atoms with Crippen molar-refractivity contribution in [1.29, 1.82) is 0 Å². The van der Waals surface area contributed by atoms with Gasteiger partial charge in [0, 0.05) is 5.69 Å². The highest BCUT2D eigenvalue weighted by Crippen LogP contribution is 2.43. The number of halogens is 2. The van der Waals surface area contributed by atoms with Crippen molar-refractivity contribution in [2.75, 3.05) is 16.8 Å². The molecule has 4 atom stereocenters. The second-order valence-corrected chi connectivity index (χ2v) is 9.39. The topological polar surface area (TPSA) is 92.8 Å². The number of alkyl halides is 2. The fourth-order valence-corrected chi connectivity index (χ4v) is 4.82. The first kappa shape index (κ1) is 23.3. The third-order valence-corrected chi connectivity index (χ3v) is 7.00. The molecule has 7 nitrogen and oxygen atoms in total. The van der Waals surface area contributed by atoms with Crippen LogP contribution in [-0.4, -0.2) is 41.1 Å². The second-order valence-electron chi connectivity index (χ2n) is 8.27. The highest BCUT2D eigenvalue weighted by Gasteiger charge is 2.52. The lowest BCUT2D eigenvalue weighted by Crippen LogP contribution is -2.34. The number of anilines is 2. The molecule has 1 aliphatic carbocycles. The number of hydrogen-bond acceptors (Lipinski definition) is 5. The van der Waals surface area contributed by atoms with Gasteiger partial charge in [-0.1, -0.05) is 12.1 Å². The molecule has 3 amide bonds. The molecule has 1 aliphatic heterocycles. The molecule has 0 bridgehead atoms. The maximum Gasteiger partial charge on any atom is 0.338 e. The maximum atomic E-state index is 12.8. The Morgan fingerprint density at radius 1 is 1.00 bits per heavy atom. The first-order chi connectivity index (χ1) is 15.7. The number of amides is 3. The predicted octanol–water partition coefficient (Wildman–Crippen LogP) is 3.90. The number of nitrogens with zero attached hydrogens (tertiary/aromatic N) is 1. The Labute approximate surface area is 201 Å². The number of carbonyl (C=O) groups is 4. The number of hydrogen-bond donors (Lipinski definition) is 1. The summed E-state index contributed by atoms with van der Waals surface area (Å²) in [6.45, 7) is 1.46. The van der Waals surface area contributed by atoms with E-state index in [-0.39, 0.29) is 28.1 Å². The van der Waals surface area contributed by atoms with Crippen molar-refractivity contribution in [3.8, 4) is 0 Å². The lowest BCUT2D eigenvalue weighted by Gasteiger charge is -2.28. The van der Waals surface area contributed by atoms with E-state index in [0.29, 0.717) is 24.2 Å². The Balaban J connectivity index is 1.37. The molecular formula is C24H22Cl2N2O5. The zero-order valence-corrected chi connectivity index (χ0v) is 19.3. The van der Waals surface area contributed by atoms with Crippen LogP contribution in [0.3, 0.4) is 0 Å². The van der Waals surface area contributed by atoms with Gasteiger partial charge in [0.25, 0.3) is 5.91 Å². The monoisotopic (exact) mass is 488 g/mol. The summed E-state index contributed by atoms with van der Waals surface area (Å²) in [5.74, 6) is -2.72. The highest BCUT2D eigenvalue weighted by molar-refractivity contribution is 6.31. The maximum absolute atomic E-state index is 12.8. The summed E-state index contributed by atoms with van der Waals surface area (Å²) < 4.78 is 5.07. The Kier molecular flexibility index (Phi) is 6.72. The minimum Gasteiger partial charge on any atom is -0.452 e. The predicted molar refractivity (Wildman–Crippen MR) is 125 cm³/mol. The smallest absolute Gasteiger partial charge is 0.338 e. The van der Waals surface area contributed by atoms with Crippen molar-refractivity contribution in [1.82, 2.24) is 0 Å². The van der Waals surface area contributed by atoms with Crippen LogP contribution in [0.25, 0.3) is 0 Å². The number of nitrogens with one attached hydrogen (secondary N) is 1. The average molecular weight is 489 g/mol. The molecule has 9 heteroatoms. The van der Waals surface area contributed by atoms with Crippen LogP contribution in [0.2, 0.25) is 0 Å². The Morgan fingerprint density at radius 2 is 1.61 bits per heavy atom. The number of rotatable bonds is 5. The summed E-state index contributed by atoms with van der Waals surface area (Å²) in [6, 6.07) is 13.2. The SMILES string of the molecule is Cc1cccc(NC(=O)COC(=O)c2ccc(N3C(=O)[C@H]4C[C@@H](Cl)[C@@H](Cl)C[C@H]4C3=O)cc2)c1. The minimum absolute atomic E-state index is 0.195. The van der Waals surface area contributed by atoms with Gasteiger partial charge in [0.1, 0.15) is 0 Å². The van der Waals surface area contributed by atoms with Gasteiger partial charge in [-0.15, -0.1) is 23.2 Å². The zero-order valence-electron chi connectivity index (χ0n) is 17.8. The van der Waals surface area contributed by atoms with Gasteiger partial charge >= 0.3 is 5.97 Å². The van der Waals surface area contributed by atoms with Crippen LogP contribution in [0.15, 0.2) is 48.5 Å². The lowest BCUT2D eigenvalue weighted by atomic mass is 9.80. The first-order valence-electron chi connectivity index (χ1n) is 10.5. The molecule has 1 heterocycles. The number of benzene rings is 2. The number of carbonyl (C=O) groups excluding carboxylic acids is 4.